The minimum Gasteiger partial charge on any atom is -0.425 e. The number of nitrogens with one attached hydrogen (secondary N) is 1. The highest BCUT2D eigenvalue weighted by molar-refractivity contribution is 7.85. The summed E-state index contributed by atoms with van der Waals surface area (Å²) in [7, 11) is -4.00. The molecule has 7 nitrogen and oxygen atoms in total. The van der Waals surface area contributed by atoms with E-state index < -0.39 is 10.1 Å². The fraction of sp³-hybridized carbons (Fsp3) is 0.300. The van der Waals surface area contributed by atoms with Gasteiger partial charge in [-0.2, -0.15) is 8.42 Å². The SMILES string of the molecule is Cc1nnc(C2(c3ccccc3)CCNCC2)o1.O=S(=O)(O)c1ccccc1. The van der Waals surface area contributed by atoms with Crippen molar-refractivity contribution in [2.75, 3.05) is 13.1 Å². The van der Waals surface area contributed by atoms with E-state index in [1.54, 1.807) is 18.2 Å². The van der Waals surface area contributed by atoms with Gasteiger partial charge in [0.1, 0.15) is 0 Å². The zero-order chi connectivity index (χ0) is 20.0. The van der Waals surface area contributed by atoms with Crippen molar-refractivity contribution < 1.29 is 17.4 Å². The van der Waals surface area contributed by atoms with Gasteiger partial charge in [0, 0.05) is 6.92 Å². The van der Waals surface area contributed by atoms with Crippen LogP contribution in [0.25, 0.3) is 0 Å². The molecule has 0 bridgehead atoms. The second-order valence-corrected chi connectivity index (χ2v) is 8.03. The predicted molar refractivity (Wildman–Crippen MR) is 105 cm³/mol. The third-order valence-electron chi connectivity index (χ3n) is 4.76. The quantitative estimate of drug-likeness (QED) is 0.650. The Labute approximate surface area is 164 Å². The molecule has 3 aromatic rings. The van der Waals surface area contributed by atoms with Gasteiger partial charge >= 0.3 is 0 Å². The number of nitrogens with zero attached hydrogens (tertiary/aromatic N) is 2. The van der Waals surface area contributed by atoms with Crippen molar-refractivity contribution in [3.05, 3.63) is 78.0 Å². The third kappa shape index (κ3) is 4.64. The van der Waals surface area contributed by atoms with Gasteiger partial charge in [-0.15, -0.1) is 10.2 Å². The molecular weight excluding hydrogens is 378 g/mol. The van der Waals surface area contributed by atoms with Crippen LogP contribution in [0.4, 0.5) is 0 Å². The summed E-state index contributed by atoms with van der Waals surface area (Å²) in [5.41, 5.74) is 1.16. The minimum absolute atomic E-state index is 0.0741. The summed E-state index contributed by atoms with van der Waals surface area (Å²) in [6.07, 6.45) is 2.00. The lowest BCUT2D eigenvalue weighted by atomic mass is 9.73. The standard InChI is InChI=1S/C14H17N3O.C6H6O3S/c1-11-16-17-13(18-11)14(7-9-15-10-8-14)12-5-3-2-4-6-12;7-10(8,9)6-4-2-1-3-5-6/h2-6,15H,7-10H2,1H3;1-5H,(H,7,8,9). The molecule has 0 spiro atoms. The highest BCUT2D eigenvalue weighted by Gasteiger charge is 2.40. The van der Waals surface area contributed by atoms with Crippen LogP contribution < -0.4 is 5.32 Å². The lowest BCUT2D eigenvalue weighted by molar-refractivity contribution is 0.287. The predicted octanol–water partition coefficient (Wildman–Crippen LogP) is 2.98. The van der Waals surface area contributed by atoms with Crippen LogP contribution in [0.2, 0.25) is 0 Å². The summed E-state index contributed by atoms with van der Waals surface area (Å²) in [5.74, 6) is 1.39. The second-order valence-electron chi connectivity index (χ2n) is 6.61. The van der Waals surface area contributed by atoms with Gasteiger partial charge in [-0.05, 0) is 43.6 Å². The first kappa shape index (κ1) is 20.2. The molecule has 1 aromatic heterocycles. The van der Waals surface area contributed by atoms with Gasteiger partial charge in [0.2, 0.25) is 11.8 Å². The molecule has 1 aliphatic heterocycles. The van der Waals surface area contributed by atoms with E-state index in [4.69, 9.17) is 8.97 Å². The van der Waals surface area contributed by atoms with E-state index in [1.807, 2.05) is 13.0 Å². The van der Waals surface area contributed by atoms with Crippen LogP contribution in [0.3, 0.4) is 0 Å². The van der Waals surface area contributed by atoms with Gasteiger partial charge in [-0.1, -0.05) is 48.5 Å². The largest absolute Gasteiger partial charge is 0.425 e. The average Bonchev–Trinajstić information content (AvgIpc) is 3.17. The normalized spacial score (nSPS) is 16.1. The van der Waals surface area contributed by atoms with Crippen molar-refractivity contribution >= 4 is 10.1 Å². The molecule has 2 N–H and O–H groups in total. The van der Waals surface area contributed by atoms with E-state index in [2.05, 4.69) is 39.8 Å². The number of rotatable bonds is 3. The maximum atomic E-state index is 10.4. The fourth-order valence-electron chi connectivity index (χ4n) is 3.32. The second kappa shape index (κ2) is 8.64. The molecule has 0 unspecified atom stereocenters. The van der Waals surface area contributed by atoms with Crippen LogP contribution in [-0.2, 0) is 15.5 Å². The summed E-state index contributed by atoms with van der Waals surface area (Å²) < 4.78 is 35.0. The van der Waals surface area contributed by atoms with Crippen LogP contribution in [0, 0.1) is 6.92 Å². The van der Waals surface area contributed by atoms with Gasteiger partial charge in [0.15, 0.2) is 0 Å². The van der Waals surface area contributed by atoms with Gasteiger partial charge in [-0.25, -0.2) is 0 Å². The molecular formula is C20H23N3O4S. The zero-order valence-corrected chi connectivity index (χ0v) is 16.4. The van der Waals surface area contributed by atoms with Gasteiger partial charge < -0.3 is 9.73 Å². The molecule has 0 atom stereocenters. The number of hydrogen-bond donors (Lipinski definition) is 2. The lowest BCUT2D eigenvalue weighted by Gasteiger charge is -2.34. The monoisotopic (exact) mass is 401 g/mol. The molecule has 0 radical (unpaired) electrons. The lowest BCUT2D eigenvalue weighted by Crippen LogP contribution is -2.41. The average molecular weight is 401 g/mol. The third-order valence-corrected chi connectivity index (χ3v) is 5.63. The molecule has 1 aliphatic rings. The molecule has 0 aliphatic carbocycles. The first-order valence-electron chi connectivity index (χ1n) is 9.01. The molecule has 1 saturated heterocycles. The molecule has 2 heterocycles. The number of benzene rings is 2. The van der Waals surface area contributed by atoms with Crippen molar-refractivity contribution in [2.45, 2.75) is 30.1 Å². The van der Waals surface area contributed by atoms with Gasteiger partial charge in [0.25, 0.3) is 10.1 Å². The molecule has 0 amide bonds. The Morgan fingerprint density at radius 1 is 0.964 bits per heavy atom. The topological polar surface area (TPSA) is 105 Å². The number of aryl methyl sites for hydroxylation is 1. The van der Waals surface area contributed by atoms with Crippen molar-refractivity contribution in [2.24, 2.45) is 0 Å². The Morgan fingerprint density at radius 3 is 2.00 bits per heavy atom. The summed E-state index contributed by atoms with van der Waals surface area (Å²) in [6, 6.07) is 17.9. The summed E-state index contributed by atoms with van der Waals surface area (Å²) in [6.45, 7) is 3.81. The molecule has 0 saturated carbocycles. The Bertz CT molecular complexity index is 983. The van der Waals surface area contributed by atoms with Crippen molar-refractivity contribution in [1.82, 2.24) is 15.5 Å². The van der Waals surface area contributed by atoms with Crippen molar-refractivity contribution in [3.63, 3.8) is 0 Å². The maximum absolute atomic E-state index is 10.4. The summed E-state index contributed by atoms with van der Waals surface area (Å²) in [4.78, 5) is -0.0741. The van der Waals surface area contributed by atoms with Gasteiger partial charge in [0.05, 0.1) is 10.3 Å². The molecule has 1 fully saturated rings. The van der Waals surface area contributed by atoms with E-state index in [0.717, 1.165) is 31.8 Å². The Balaban J connectivity index is 0.000000192. The molecule has 2 aromatic carbocycles. The smallest absolute Gasteiger partial charge is 0.294 e. The summed E-state index contributed by atoms with van der Waals surface area (Å²) >= 11 is 0. The maximum Gasteiger partial charge on any atom is 0.294 e. The van der Waals surface area contributed by atoms with Crippen molar-refractivity contribution in [1.29, 1.82) is 0 Å². The van der Waals surface area contributed by atoms with E-state index in [1.165, 1.54) is 17.7 Å². The van der Waals surface area contributed by atoms with E-state index in [0.29, 0.717) is 5.89 Å². The van der Waals surface area contributed by atoms with Crippen LogP contribution in [0.15, 0.2) is 70.0 Å². The van der Waals surface area contributed by atoms with Crippen LogP contribution in [-0.4, -0.2) is 36.3 Å². The van der Waals surface area contributed by atoms with Crippen LogP contribution >= 0.6 is 0 Å². The number of piperidine rings is 1. The van der Waals surface area contributed by atoms with Crippen LogP contribution in [0.1, 0.15) is 30.2 Å². The number of aromatic nitrogens is 2. The van der Waals surface area contributed by atoms with E-state index in [-0.39, 0.29) is 10.3 Å². The molecule has 28 heavy (non-hydrogen) atoms. The zero-order valence-electron chi connectivity index (χ0n) is 15.6. The first-order chi connectivity index (χ1) is 13.4. The van der Waals surface area contributed by atoms with E-state index >= 15 is 0 Å². The first-order valence-corrected chi connectivity index (χ1v) is 10.5. The fourth-order valence-corrected chi connectivity index (χ4v) is 3.82. The molecule has 8 heteroatoms. The highest BCUT2D eigenvalue weighted by atomic mass is 32.2. The van der Waals surface area contributed by atoms with E-state index in [9.17, 15) is 8.42 Å². The molecule has 148 valence electrons. The molecule has 4 rings (SSSR count). The Kier molecular flexibility index (Phi) is 6.23. The Morgan fingerprint density at radius 2 is 1.54 bits per heavy atom. The number of hydrogen-bond acceptors (Lipinski definition) is 6. The van der Waals surface area contributed by atoms with Crippen molar-refractivity contribution in [3.8, 4) is 0 Å². The van der Waals surface area contributed by atoms with Gasteiger partial charge in [-0.3, -0.25) is 4.55 Å². The Hall–Kier alpha value is -2.55. The minimum atomic E-state index is -4.00. The highest BCUT2D eigenvalue weighted by Crippen LogP contribution is 2.39. The summed E-state index contributed by atoms with van der Waals surface area (Å²) in [5, 5.41) is 11.7. The van der Waals surface area contributed by atoms with Crippen LogP contribution in [0.5, 0.6) is 0 Å².